The lowest BCUT2D eigenvalue weighted by Gasteiger charge is -2.30. The van der Waals surface area contributed by atoms with Crippen LogP contribution in [-0.4, -0.2) is 28.8 Å². The van der Waals surface area contributed by atoms with Crippen molar-refractivity contribution in [2.75, 3.05) is 11.5 Å². The van der Waals surface area contributed by atoms with Gasteiger partial charge in [0.1, 0.15) is 11.4 Å². The van der Waals surface area contributed by atoms with Gasteiger partial charge in [-0.1, -0.05) is 42.3 Å². The van der Waals surface area contributed by atoms with Gasteiger partial charge in [0.15, 0.2) is 0 Å². The van der Waals surface area contributed by atoms with Crippen LogP contribution in [0, 0.1) is 18.7 Å². The first-order valence-electron chi connectivity index (χ1n) is 16.3. The number of carbonyl (C=O) groups excluding carboxylic acids is 2. The highest BCUT2D eigenvalue weighted by Crippen LogP contribution is 2.41. The van der Waals surface area contributed by atoms with Crippen molar-refractivity contribution in [3.05, 3.63) is 81.4 Å². The number of nitrogens with zero attached hydrogens (tertiary/aromatic N) is 2. The number of amides is 2. The fraction of sp³-hybridized carbons (Fsp3) is 0.393. The molecule has 1 atom stereocenters. The summed E-state index contributed by atoms with van der Waals surface area (Å²) in [5.74, 6) is -2.53. The topological polar surface area (TPSA) is 80.6 Å². The molecule has 1 heterocycles. The molecule has 7 nitrogen and oxygen atoms in total. The largest absolute Gasteiger partial charge is 0.442 e. The molecule has 1 aliphatic carbocycles. The SMILES string of the molecule is [2H]c1c([2H])c([2H])c([C@@H](NC(=O)c2c(C)n(N(C(=O)OC(C)(C)C)C([2H])([2H])C([2H])([2H])[2H])c(=O)c3c(F)cccc23)C2CC2)c([2H])c1[2H]. The minimum Gasteiger partial charge on any atom is -0.442 e. The zero-order chi connectivity index (χ0) is 34.8. The van der Waals surface area contributed by atoms with E-state index in [4.69, 9.17) is 18.4 Å². The second-order valence-electron chi connectivity index (χ2n) is 9.47. The van der Waals surface area contributed by atoms with E-state index in [9.17, 15) is 14.4 Å². The fourth-order valence-electron chi connectivity index (χ4n) is 4.00. The monoisotopic (exact) mass is 503 g/mol. The number of carbonyl (C=O) groups is 2. The smallest absolute Gasteiger partial charge is 0.429 e. The number of aromatic nitrogens is 1. The van der Waals surface area contributed by atoms with Crippen molar-refractivity contribution < 1.29 is 32.4 Å². The van der Waals surface area contributed by atoms with Gasteiger partial charge < -0.3 is 10.1 Å². The third kappa shape index (κ3) is 4.98. The van der Waals surface area contributed by atoms with Crippen molar-refractivity contribution in [2.45, 2.75) is 59.0 Å². The highest BCUT2D eigenvalue weighted by molar-refractivity contribution is 6.08. The van der Waals surface area contributed by atoms with Crippen LogP contribution in [0.2, 0.25) is 0 Å². The van der Waals surface area contributed by atoms with Crippen molar-refractivity contribution in [3.8, 4) is 0 Å². The van der Waals surface area contributed by atoms with Crippen molar-refractivity contribution >= 4 is 22.8 Å². The van der Waals surface area contributed by atoms with E-state index in [2.05, 4.69) is 5.32 Å². The van der Waals surface area contributed by atoms with Gasteiger partial charge >= 0.3 is 6.09 Å². The summed E-state index contributed by atoms with van der Waals surface area (Å²) in [5.41, 5.74) is -3.76. The molecule has 0 spiro atoms. The molecular formula is C28H32FN3O4. The van der Waals surface area contributed by atoms with Crippen LogP contribution < -0.4 is 15.9 Å². The summed E-state index contributed by atoms with van der Waals surface area (Å²) in [7, 11) is 0. The first-order chi connectivity index (χ1) is 21.0. The molecule has 3 aromatic rings. The van der Waals surface area contributed by atoms with Crippen molar-refractivity contribution in [1.82, 2.24) is 9.99 Å². The molecule has 0 radical (unpaired) electrons. The number of ether oxygens (including phenoxy) is 1. The van der Waals surface area contributed by atoms with Gasteiger partial charge in [-0.25, -0.2) is 18.9 Å². The number of fused-ring (bicyclic) bond motifs is 1. The Kier molecular flexibility index (Phi) is 4.18. The molecule has 1 fully saturated rings. The molecule has 1 aromatic heterocycles. The highest BCUT2D eigenvalue weighted by Gasteiger charge is 2.35. The standard InChI is InChI=1S/C28H32FN3O4/c1-6-31(27(35)36-28(3,4)5)32-17(2)22(20-13-10-14-21(29)23(20)26(32)34)25(33)30-24(19-15-16-19)18-11-8-7-9-12-18/h7-14,19,24H,6,15-16H2,1-5H3,(H,30,33)/t24-/m1/s1/i1D3,6D2,7D,8D,9D,11D,12D. The maximum Gasteiger partial charge on any atom is 0.429 e. The number of hydrogen-bond donors (Lipinski definition) is 1. The molecular weight excluding hydrogens is 461 g/mol. The summed E-state index contributed by atoms with van der Waals surface area (Å²) < 4.78 is 102. The summed E-state index contributed by atoms with van der Waals surface area (Å²) in [4.78, 5) is 41.5. The van der Waals surface area contributed by atoms with Crippen LogP contribution in [-0.2, 0) is 4.74 Å². The molecule has 0 saturated heterocycles. The molecule has 1 aliphatic rings. The zero-order valence-corrected chi connectivity index (χ0v) is 20.2. The van der Waals surface area contributed by atoms with E-state index in [-0.39, 0.29) is 26.6 Å². The van der Waals surface area contributed by atoms with E-state index in [0.29, 0.717) is 12.8 Å². The number of hydrogen-bond acceptors (Lipinski definition) is 4. The molecule has 4 rings (SSSR count). The van der Waals surface area contributed by atoms with E-state index in [1.165, 1.54) is 32.9 Å². The predicted octanol–water partition coefficient (Wildman–Crippen LogP) is 5.22. The Hall–Kier alpha value is -3.68. The van der Waals surface area contributed by atoms with Gasteiger partial charge in [0.25, 0.3) is 11.5 Å². The van der Waals surface area contributed by atoms with Crippen LogP contribution >= 0.6 is 0 Å². The lowest BCUT2D eigenvalue weighted by molar-refractivity contribution is 0.0537. The lowest BCUT2D eigenvalue weighted by atomic mass is 9.99. The number of benzene rings is 2. The summed E-state index contributed by atoms with van der Waals surface area (Å²) in [6.07, 6.45) is -0.547. The molecule has 2 amide bonds. The predicted molar refractivity (Wildman–Crippen MR) is 137 cm³/mol. The van der Waals surface area contributed by atoms with Crippen LogP contribution in [0.5, 0.6) is 0 Å². The highest BCUT2D eigenvalue weighted by atomic mass is 19.1. The third-order valence-electron chi connectivity index (χ3n) is 5.68. The van der Waals surface area contributed by atoms with Gasteiger partial charge in [-0.05, 0) is 64.9 Å². The molecule has 190 valence electrons. The van der Waals surface area contributed by atoms with E-state index < -0.39 is 95.2 Å². The summed E-state index contributed by atoms with van der Waals surface area (Å²) >= 11 is 0. The van der Waals surface area contributed by atoms with Crippen LogP contribution in [0.1, 0.15) is 81.8 Å². The van der Waals surface area contributed by atoms with E-state index in [0.717, 1.165) is 13.0 Å². The Labute approximate surface area is 223 Å². The average Bonchev–Trinajstić information content (AvgIpc) is 3.76. The van der Waals surface area contributed by atoms with E-state index >= 15 is 4.39 Å². The Morgan fingerprint density at radius 2 is 2.00 bits per heavy atom. The number of rotatable bonds is 6. The Morgan fingerprint density at radius 1 is 1.31 bits per heavy atom. The molecule has 8 heteroatoms. The van der Waals surface area contributed by atoms with Gasteiger partial charge in [0.05, 0.1) is 32.3 Å². The first-order valence-corrected chi connectivity index (χ1v) is 11.3. The summed E-state index contributed by atoms with van der Waals surface area (Å²) in [6, 6.07) is -0.736. The molecule has 1 saturated carbocycles. The molecule has 2 aromatic carbocycles. The van der Waals surface area contributed by atoms with Crippen LogP contribution in [0.4, 0.5) is 9.18 Å². The minimum atomic E-state index is -3.62. The van der Waals surface area contributed by atoms with Gasteiger partial charge in [0.2, 0.25) is 0 Å². The zero-order valence-electron chi connectivity index (χ0n) is 30.2. The third-order valence-corrected chi connectivity index (χ3v) is 5.68. The van der Waals surface area contributed by atoms with E-state index in [1.54, 1.807) is 0 Å². The van der Waals surface area contributed by atoms with Gasteiger partial charge in [-0.2, -0.15) is 0 Å². The normalized spacial score (nSPS) is 19.1. The maximum absolute atomic E-state index is 15.4. The van der Waals surface area contributed by atoms with Crippen LogP contribution in [0.25, 0.3) is 10.8 Å². The van der Waals surface area contributed by atoms with E-state index in [1.807, 2.05) is 0 Å². The quantitative estimate of drug-likeness (QED) is 0.500. The summed E-state index contributed by atoms with van der Waals surface area (Å²) in [6.45, 7) is -1.82. The van der Waals surface area contributed by atoms with Crippen LogP contribution in [0.15, 0.2) is 53.2 Å². The molecule has 36 heavy (non-hydrogen) atoms. The van der Waals surface area contributed by atoms with Gasteiger partial charge in [-0.3, -0.25) is 9.59 Å². The van der Waals surface area contributed by atoms with Gasteiger partial charge in [-0.15, -0.1) is 0 Å². The van der Waals surface area contributed by atoms with Crippen molar-refractivity contribution in [1.29, 1.82) is 0 Å². The average molecular weight is 504 g/mol. The second-order valence-corrected chi connectivity index (χ2v) is 9.47. The van der Waals surface area contributed by atoms with Crippen LogP contribution in [0.3, 0.4) is 0 Å². The lowest BCUT2D eigenvalue weighted by Crippen LogP contribution is -2.50. The molecule has 0 unspecified atom stereocenters. The Morgan fingerprint density at radius 3 is 2.61 bits per heavy atom. The van der Waals surface area contributed by atoms with Crippen molar-refractivity contribution in [2.24, 2.45) is 5.92 Å². The summed E-state index contributed by atoms with van der Waals surface area (Å²) in [5, 5.41) is 1.54. The number of nitrogens with one attached hydrogen (secondary N) is 1. The fourth-order valence-corrected chi connectivity index (χ4v) is 4.00. The second kappa shape index (κ2) is 9.76. The number of pyridine rings is 1. The molecule has 0 aliphatic heterocycles. The minimum absolute atomic E-state index is 0.0977. The first kappa shape index (κ1) is 15.4. The Bertz CT molecular complexity index is 1790. The Balaban J connectivity index is 2.02. The van der Waals surface area contributed by atoms with Gasteiger partial charge in [0, 0.05) is 16.0 Å². The molecule has 0 bridgehead atoms. The van der Waals surface area contributed by atoms with Crippen molar-refractivity contribution in [3.63, 3.8) is 0 Å². The molecule has 1 N–H and O–H groups in total. The number of halogens is 1. The maximum atomic E-state index is 15.4.